The third-order valence-corrected chi connectivity index (χ3v) is 13.4. The predicted molar refractivity (Wildman–Crippen MR) is 235 cm³/mol. The van der Waals surface area contributed by atoms with Crippen LogP contribution in [0.15, 0.2) is 76.7 Å². The van der Waals surface area contributed by atoms with Crippen LogP contribution in [-0.4, -0.2) is 74.2 Å². The number of carbonyl (C=O) groups is 2. The Hall–Kier alpha value is -4.88. The summed E-state index contributed by atoms with van der Waals surface area (Å²) in [5.41, 5.74) is 7.94. The lowest BCUT2D eigenvalue weighted by Gasteiger charge is -2.16. The Morgan fingerprint density at radius 2 is 1.35 bits per heavy atom. The average molecular weight is 804 g/mol. The molecule has 2 saturated carbocycles. The van der Waals surface area contributed by atoms with Crippen LogP contribution in [-0.2, 0) is 20.9 Å². The topological polar surface area (TPSA) is 145 Å². The summed E-state index contributed by atoms with van der Waals surface area (Å²) in [4.78, 5) is 42.1. The van der Waals surface area contributed by atoms with Crippen LogP contribution in [0.1, 0.15) is 81.7 Å². The zero-order valence-electron chi connectivity index (χ0n) is 32.2. The summed E-state index contributed by atoms with van der Waals surface area (Å²) in [5, 5.41) is 14.4. The molecule has 5 aromatic rings. The number of H-pyrrole nitrogens is 2. The molecular formula is C44H49N7O4S2. The van der Waals surface area contributed by atoms with Gasteiger partial charge in [-0.05, 0) is 79.8 Å². The summed E-state index contributed by atoms with van der Waals surface area (Å²) in [5.74, 6) is 1.97. The van der Waals surface area contributed by atoms with E-state index < -0.39 is 0 Å². The highest BCUT2D eigenvalue weighted by Gasteiger charge is 2.27. The number of aliphatic imine (C=N–C) groups is 2. The van der Waals surface area contributed by atoms with Gasteiger partial charge in [0.15, 0.2) is 0 Å². The number of anilines is 3. The molecule has 2 aliphatic heterocycles. The molecule has 3 aromatic carbocycles. The molecule has 0 radical (unpaired) electrons. The fourth-order valence-corrected chi connectivity index (χ4v) is 10.4. The second-order valence-electron chi connectivity index (χ2n) is 15.7. The van der Waals surface area contributed by atoms with Crippen molar-refractivity contribution in [1.82, 2.24) is 9.97 Å². The van der Waals surface area contributed by atoms with Crippen molar-refractivity contribution < 1.29 is 19.1 Å². The molecule has 1 amide bonds. The number of hydrogen-bond donors (Lipinski definition) is 5. The Bertz CT molecular complexity index is 2320. The molecule has 2 aromatic heterocycles. The van der Waals surface area contributed by atoms with Crippen LogP contribution in [0.5, 0.6) is 5.75 Å². The van der Waals surface area contributed by atoms with Crippen LogP contribution in [0.3, 0.4) is 0 Å². The first kappa shape index (κ1) is 37.7. The van der Waals surface area contributed by atoms with Gasteiger partial charge in [-0.2, -0.15) is 0 Å². The number of esters is 1. The molecule has 2 fully saturated rings. The van der Waals surface area contributed by atoms with Crippen molar-refractivity contribution in [2.45, 2.75) is 95.5 Å². The minimum atomic E-state index is -0.249. The first-order chi connectivity index (χ1) is 27.9. The van der Waals surface area contributed by atoms with Gasteiger partial charge in [-0.15, -0.1) is 23.5 Å². The van der Waals surface area contributed by atoms with Gasteiger partial charge in [0.2, 0.25) is 5.91 Å². The number of fused-ring (bicyclic) bond motifs is 2. The Balaban J connectivity index is 0.834. The molecule has 2 aliphatic carbocycles. The number of thioether (sulfide) groups is 2. The third kappa shape index (κ3) is 8.99. The number of nitrogens with zero attached hydrogens (tertiary/aromatic N) is 2. The standard InChI is InChI=1S/C44H49N7O4S2/c1-26(52)45-32-17-29-19-39(51-42(29)37(20-32)47-31-11-7-8-12-31)44-49-34(25-57-44)23-55-40(53)21-33-24-56-43(48-33)38-18-28-15-27(22-54-35-13-3-2-4-14-35)16-36(41(28)50-38)46-30-9-5-6-10-30/h2-4,13-20,30-31,33-34,46-47,50-51H,5-12,21-25H2,1H3,(H,45,52). The normalized spacial score (nSPS) is 19.9. The van der Waals surface area contributed by atoms with Crippen molar-refractivity contribution in [3.63, 3.8) is 0 Å². The molecule has 2 unspecified atom stereocenters. The second kappa shape index (κ2) is 16.9. The molecule has 9 rings (SSSR count). The summed E-state index contributed by atoms with van der Waals surface area (Å²) in [6, 6.07) is 23.2. The largest absolute Gasteiger partial charge is 0.489 e. The maximum atomic E-state index is 13.1. The highest BCUT2D eigenvalue weighted by Crippen LogP contribution is 2.35. The summed E-state index contributed by atoms with van der Waals surface area (Å²) in [6.45, 7) is 2.25. The third-order valence-electron chi connectivity index (χ3n) is 11.1. The number of para-hydroxylation sites is 1. The summed E-state index contributed by atoms with van der Waals surface area (Å²) in [6.07, 6.45) is 9.86. The van der Waals surface area contributed by atoms with Gasteiger partial charge >= 0.3 is 5.97 Å². The fraction of sp³-hybridized carbons (Fsp3) is 0.409. The van der Waals surface area contributed by atoms with Crippen LogP contribution >= 0.6 is 23.5 Å². The Morgan fingerprint density at radius 1 is 0.754 bits per heavy atom. The highest BCUT2D eigenvalue weighted by molar-refractivity contribution is 8.15. The van der Waals surface area contributed by atoms with E-state index in [4.69, 9.17) is 19.5 Å². The molecule has 5 N–H and O–H groups in total. The lowest BCUT2D eigenvalue weighted by molar-refractivity contribution is -0.144. The van der Waals surface area contributed by atoms with Crippen molar-refractivity contribution in [2.75, 3.05) is 34.1 Å². The van der Waals surface area contributed by atoms with Crippen molar-refractivity contribution in [2.24, 2.45) is 9.98 Å². The lowest BCUT2D eigenvalue weighted by Crippen LogP contribution is -2.20. The van der Waals surface area contributed by atoms with Gasteiger partial charge < -0.3 is 35.4 Å². The maximum Gasteiger partial charge on any atom is 0.308 e. The van der Waals surface area contributed by atoms with Crippen LogP contribution in [0.25, 0.3) is 21.8 Å². The fourth-order valence-electron chi connectivity index (χ4n) is 8.39. The molecule has 57 heavy (non-hydrogen) atoms. The van der Waals surface area contributed by atoms with E-state index in [-0.39, 0.29) is 37.0 Å². The van der Waals surface area contributed by atoms with Gasteiger partial charge in [-0.1, -0.05) is 43.9 Å². The van der Waals surface area contributed by atoms with Gasteiger partial charge in [0, 0.05) is 47.0 Å². The Kier molecular flexibility index (Phi) is 11.2. The van der Waals surface area contributed by atoms with Crippen LogP contribution in [0.2, 0.25) is 0 Å². The van der Waals surface area contributed by atoms with E-state index in [1.807, 2.05) is 42.5 Å². The molecule has 13 heteroatoms. The molecule has 4 aliphatic rings. The first-order valence-electron chi connectivity index (χ1n) is 20.3. The van der Waals surface area contributed by atoms with Gasteiger partial charge in [-0.25, -0.2) is 0 Å². The van der Waals surface area contributed by atoms with E-state index >= 15 is 0 Å². The summed E-state index contributed by atoms with van der Waals surface area (Å²) in [7, 11) is 0. The lowest BCUT2D eigenvalue weighted by atomic mass is 10.1. The number of ether oxygens (including phenoxy) is 2. The number of aromatic nitrogens is 2. The second-order valence-corrected chi connectivity index (χ2v) is 17.7. The summed E-state index contributed by atoms with van der Waals surface area (Å²) < 4.78 is 11.9. The molecule has 2 atom stereocenters. The van der Waals surface area contributed by atoms with Crippen LogP contribution in [0, 0.1) is 0 Å². The number of aromatic amines is 2. The smallest absolute Gasteiger partial charge is 0.308 e. The highest BCUT2D eigenvalue weighted by atomic mass is 32.2. The minimum Gasteiger partial charge on any atom is -0.489 e. The number of rotatable bonds is 14. The number of hydrogen-bond acceptors (Lipinski definition) is 10. The Labute approximate surface area is 341 Å². The van der Waals surface area contributed by atoms with E-state index in [2.05, 4.69) is 50.2 Å². The Morgan fingerprint density at radius 3 is 2.00 bits per heavy atom. The molecule has 0 saturated heterocycles. The summed E-state index contributed by atoms with van der Waals surface area (Å²) >= 11 is 3.35. The zero-order chi connectivity index (χ0) is 38.7. The minimum absolute atomic E-state index is 0.0980. The van der Waals surface area contributed by atoms with E-state index in [1.54, 1.807) is 23.5 Å². The number of amides is 1. The quantitative estimate of drug-likeness (QED) is 0.0699. The van der Waals surface area contributed by atoms with Crippen molar-refractivity contribution in [3.05, 3.63) is 83.7 Å². The number of benzene rings is 3. The zero-order valence-corrected chi connectivity index (χ0v) is 33.8. The monoisotopic (exact) mass is 803 g/mol. The molecule has 0 spiro atoms. The van der Waals surface area contributed by atoms with Gasteiger partial charge in [-0.3, -0.25) is 19.6 Å². The van der Waals surface area contributed by atoms with Crippen molar-refractivity contribution in [1.29, 1.82) is 0 Å². The van der Waals surface area contributed by atoms with E-state index in [1.165, 1.54) is 45.4 Å². The van der Waals surface area contributed by atoms with E-state index in [9.17, 15) is 9.59 Å². The van der Waals surface area contributed by atoms with Gasteiger partial charge in [0.25, 0.3) is 0 Å². The molecular weight excluding hydrogens is 755 g/mol. The van der Waals surface area contributed by atoms with Crippen molar-refractivity contribution in [3.8, 4) is 5.75 Å². The first-order valence-corrected chi connectivity index (χ1v) is 22.2. The van der Waals surface area contributed by atoms with Crippen LogP contribution in [0.4, 0.5) is 17.1 Å². The van der Waals surface area contributed by atoms with E-state index in [0.29, 0.717) is 18.7 Å². The predicted octanol–water partition coefficient (Wildman–Crippen LogP) is 9.25. The van der Waals surface area contributed by atoms with E-state index in [0.717, 1.165) is 96.0 Å². The molecule has 0 bridgehead atoms. The van der Waals surface area contributed by atoms with Gasteiger partial charge in [0.05, 0.1) is 52.3 Å². The molecule has 4 heterocycles. The maximum absolute atomic E-state index is 13.1. The number of nitrogens with one attached hydrogen (secondary N) is 5. The van der Waals surface area contributed by atoms with Crippen LogP contribution < -0.4 is 20.7 Å². The van der Waals surface area contributed by atoms with Gasteiger partial charge in [0.1, 0.15) is 29.1 Å². The average Bonchev–Trinajstić information content (AvgIpc) is 4.05. The van der Waals surface area contributed by atoms with Crippen molar-refractivity contribution >= 4 is 84.4 Å². The SMILES string of the molecule is CC(=O)Nc1cc(NC2CCCC2)c2[nH]c(C3=NC(COC(=O)CC4CSC(c5cc6cc(COc7ccccc7)cc(NC7CCCC7)c6[nH]5)=N4)CS3)cc2c1. The molecule has 11 nitrogen and oxygen atoms in total. The molecule has 296 valence electrons. The number of carbonyl (C=O) groups excluding carboxylic acids is 2.